The maximum atomic E-state index is 13.9. The smallest absolute Gasteiger partial charge is 0.246 e. The number of hydrogen-bond acceptors (Lipinski definition) is 4. The van der Waals surface area contributed by atoms with E-state index < -0.39 is 0 Å². The van der Waals surface area contributed by atoms with Gasteiger partial charge in [-0.3, -0.25) is 19.5 Å². The van der Waals surface area contributed by atoms with Crippen LogP contribution in [0.25, 0.3) is 0 Å². The Labute approximate surface area is 158 Å². The molecule has 4 rings (SSSR count). The largest absolute Gasteiger partial charge is 0.297 e. The van der Waals surface area contributed by atoms with Crippen molar-refractivity contribution in [3.63, 3.8) is 0 Å². The van der Waals surface area contributed by atoms with E-state index in [1.165, 1.54) is 6.07 Å². The van der Waals surface area contributed by atoms with Gasteiger partial charge in [0.25, 0.3) is 0 Å². The number of amides is 1. The summed E-state index contributed by atoms with van der Waals surface area (Å²) >= 11 is 0. The van der Waals surface area contributed by atoms with E-state index in [-0.39, 0.29) is 23.9 Å². The lowest BCUT2D eigenvalue weighted by Gasteiger charge is -2.43. The molecule has 2 fully saturated rings. The Morgan fingerprint density at radius 1 is 1.07 bits per heavy atom. The molecule has 1 amide bonds. The van der Waals surface area contributed by atoms with E-state index >= 15 is 0 Å². The zero-order valence-electron chi connectivity index (χ0n) is 15.3. The Hall–Kier alpha value is -2.31. The predicted octanol–water partition coefficient (Wildman–Crippen LogP) is 3.31. The fraction of sp³-hybridized carbons (Fsp3) is 0.429. The maximum absolute atomic E-state index is 13.9. The molecule has 142 valence electrons. The van der Waals surface area contributed by atoms with Gasteiger partial charge < -0.3 is 0 Å². The summed E-state index contributed by atoms with van der Waals surface area (Å²) in [5.74, 6) is -0.298. The lowest BCUT2D eigenvalue weighted by atomic mass is 9.86. The van der Waals surface area contributed by atoms with Crippen LogP contribution in [0.15, 0.2) is 48.7 Å². The monoisotopic (exact) mass is 369 g/mol. The first-order valence-electron chi connectivity index (χ1n) is 9.48. The summed E-state index contributed by atoms with van der Waals surface area (Å²) in [5, 5.41) is 1.55. The Morgan fingerprint density at radius 3 is 2.59 bits per heavy atom. The zero-order chi connectivity index (χ0) is 18.7. The molecule has 2 aliphatic heterocycles. The topological polar surface area (TPSA) is 45.7 Å². The Morgan fingerprint density at radius 2 is 1.85 bits per heavy atom. The number of rotatable bonds is 5. The first-order valence-corrected chi connectivity index (χ1v) is 9.48. The van der Waals surface area contributed by atoms with Crippen molar-refractivity contribution >= 4 is 5.91 Å². The van der Waals surface area contributed by atoms with Crippen LogP contribution < -0.4 is 0 Å². The second kappa shape index (κ2) is 7.74. The third-order valence-corrected chi connectivity index (χ3v) is 5.67. The highest BCUT2D eigenvalue weighted by atomic mass is 19.1. The van der Waals surface area contributed by atoms with Crippen LogP contribution >= 0.6 is 0 Å². The van der Waals surface area contributed by atoms with Crippen LogP contribution in [0.2, 0.25) is 0 Å². The molecule has 0 N–H and O–H groups in total. The van der Waals surface area contributed by atoms with Crippen LogP contribution in [0.4, 0.5) is 4.39 Å². The summed E-state index contributed by atoms with van der Waals surface area (Å²) in [5.41, 5.74) is 1.27. The van der Waals surface area contributed by atoms with Crippen molar-refractivity contribution in [3.8, 4) is 0 Å². The Balaban J connectivity index is 1.38. The number of carbonyl (C=O) groups is 1. The maximum Gasteiger partial charge on any atom is 0.246 e. The molecular formula is C21H24FN3O2. The van der Waals surface area contributed by atoms with Crippen molar-refractivity contribution in [3.05, 3.63) is 65.7 Å². The first kappa shape index (κ1) is 18.1. The molecule has 6 heteroatoms. The van der Waals surface area contributed by atoms with Gasteiger partial charge >= 0.3 is 0 Å². The van der Waals surface area contributed by atoms with Crippen molar-refractivity contribution < 1.29 is 14.0 Å². The predicted molar refractivity (Wildman–Crippen MR) is 98.7 cm³/mol. The van der Waals surface area contributed by atoms with Gasteiger partial charge in [-0.05, 0) is 37.5 Å². The van der Waals surface area contributed by atoms with Crippen molar-refractivity contribution in [2.45, 2.75) is 44.4 Å². The van der Waals surface area contributed by atoms with Crippen LogP contribution in [0.1, 0.15) is 36.9 Å². The molecule has 1 aromatic carbocycles. The van der Waals surface area contributed by atoms with Crippen molar-refractivity contribution in [1.29, 1.82) is 0 Å². The number of carbonyl (C=O) groups excluding carboxylic acids is 1. The lowest BCUT2D eigenvalue weighted by Crippen LogP contribution is -2.52. The van der Waals surface area contributed by atoms with Crippen LogP contribution in [0.3, 0.4) is 0 Å². The average molecular weight is 369 g/mol. The number of halogens is 1. The highest BCUT2D eigenvalue weighted by molar-refractivity contribution is 5.78. The van der Waals surface area contributed by atoms with Crippen molar-refractivity contribution in [1.82, 2.24) is 14.9 Å². The van der Waals surface area contributed by atoms with E-state index in [1.807, 2.05) is 24.4 Å². The van der Waals surface area contributed by atoms with Crippen LogP contribution in [0, 0.1) is 5.82 Å². The summed E-state index contributed by atoms with van der Waals surface area (Å²) < 4.78 is 13.9. The number of piperidine rings is 1. The highest BCUT2D eigenvalue weighted by Gasteiger charge is 2.48. The number of hydroxylamine groups is 2. The minimum Gasteiger partial charge on any atom is -0.297 e. The van der Waals surface area contributed by atoms with Gasteiger partial charge in [-0.1, -0.05) is 24.3 Å². The van der Waals surface area contributed by atoms with Gasteiger partial charge in [0.1, 0.15) is 12.4 Å². The van der Waals surface area contributed by atoms with Gasteiger partial charge in [0.15, 0.2) is 0 Å². The minimum absolute atomic E-state index is 0.00418. The second-order valence-corrected chi connectivity index (χ2v) is 7.37. The third kappa shape index (κ3) is 3.87. The number of benzene rings is 1. The van der Waals surface area contributed by atoms with Gasteiger partial charge in [0.05, 0.1) is 11.2 Å². The van der Waals surface area contributed by atoms with E-state index in [2.05, 4.69) is 9.88 Å². The lowest BCUT2D eigenvalue weighted by molar-refractivity contribution is -0.223. The van der Waals surface area contributed by atoms with E-state index in [1.54, 1.807) is 23.3 Å². The number of pyridine rings is 1. The van der Waals surface area contributed by atoms with E-state index in [9.17, 15) is 9.18 Å². The van der Waals surface area contributed by atoms with Crippen molar-refractivity contribution in [2.24, 2.45) is 0 Å². The highest BCUT2D eigenvalue weighted by Crippen LogP contribution is 2.39. The minimum atomic E-state index is -0.302. The fourth-order valence-corrected chi connectivity index (χ4v) is 4.07. The first-order chi connectivity index (χ1) is 13.2. The Bertz CT molecular complexity index is 791. The number of nitrogens with zero attached hydrogens (tertiary/aromatic N) is 3. The molecule has 1 aromatic heterocycles. The van der Waals surface area contributed by atoms with Gasteiger partial charge in [0.2, 0.25) is 5.91 Å². The second-order valence-electron chi connectivity index (χ2n) is 7.37. The molecule has 0 saturated carbocycles. The molecular weight excluding hydrogens is 345 g/mol. The van der Waals surface area contributed by atoms with Crippen LogP contribution in [0.5, 0.6) is 0 Å². The average Bonchev–Trinajstić information content (AvgIpc) is 2.99. The number of likely N-dealkylation sites (tertiary alicyclic amines) is 1. The molecule has 0 atom stereocenters. The standard InChI is InChI=1S/C21H24FN3O2/c22-19-7-2-1-5-17(19)16-27-25-20(26)8-9-21(25)10-13-24(14-11-21)15-18-6-3-4-12-23-18/h1-7,12H,8-11,13-16H2. The van der Waals surface area contributed by atoms with Gasteiger partial charge in [-0.2, -0.15) is 0 Å². The molecule has 0 aliphatic carbocycles. The molecule has 0 bridgehead atoms. The van der Waals surface area contributed by atoms with E-state index in [0.717, 1.165) is 44.6 Å². The molecule has 3 heterocycles. The molecule has 2 aliphatic rings. The zero-order valence-corrected chi connectivity index (χ0v) is 15.3. The molecule has 0 radical (unpaired) electrons. The molecule has 5 nitrogen and oxygen atoms in total. The van der Waals surface area contributed by atoms with E-state index in [0.29, 0.717) is 12.0 Å². The van der Waals surface area contributed by atoms with Crippen LogP contribution in [-0.2, 0) is 22.8 Å². The third-order valence-electron chi connectivity index (χ3n) is 5.67. The summed E-state index contributed by atoms with van der Waals surface area (Å²) in [6.07, 6.45) is 4.85. The van der Waals surface area contributed by atoms with Crippen LogP contribution in [-0.4, -0.2) is 39.5 Å². The van der Waals surface area contributed by atoms with Gasteiger partial charge in [0, 0.05) is 37.8 Å². The SMILES string of the molecule is O=C1CCC2(CCN(Cc3ccccn3)CC2)N1OCc1ccccc1F. The van der Waals surface area contributed by atoms with Gasteiger partial charge in [-0.15, -0.1) is 0 Å². The summed E-state index contributed by atoms with van der Waals surface area (Å²) in [4.78, 5) is 25.0. The fourth-order valence-electron chi connectivity index (χ4n) is 4.07. The molecule has 2 saturated heterocycles. The molecule has 1 spiro atoms. The number of hydrogen-bond donors (Lipinski definition) is 0. The Kier molecular flexibility index (Phi) is 5.18. The summed E-state index contributed by atoms with van der Waals surface area (Å²) in [7, 11) is 0. The normalized spacial score (nSPS) is 19.7. The molecule has 0 unspecified atom stereocenters. The van der Waals surface area contributed by atoms with E-state index in [4.69, 9.17) is 4.84 Å². The summed E-state index contributed by atoms with van der Waals surface area (Å²) in [6.45, 7) is 2.69. The number of aromatic nitrogens is 1. The molecule has 2 aromatic rings. The van der Waals surface area contributed by atoms with Crippen molar-refractivity contribution in [2.75, 3.05) is 13.1 Å². The quantitative estimate of drug-likeness (QED) is 0.811. The van der Waals surface area contributed by atoms with Gasteiger partial charge in [-0.25, -0.2) is 9.45 Å². The molecule has 27 heavy (non-hydrogen) atoms. The summed E-state index contributed by atoms with van der Waals surface area (Å²) in [6, 6.07) is 12.5.